The molecule has 0 heterocycles. The fourth-order valence-electron chi connectivity index (χ4n) is 0.866. The second kappa shape index (κ2) is 36.0. The fraction of sp³-hybridized carbons (Fsp3) is 1.00. The van der Waals surface area contributed by atoms with Gasteiger partial charge in [0.05, 0.1) is 0 Å². The van der Waals surface area contributed by atoms with Gasteiger partial charge in [-0.05, 0) is 0 Å². The van der Waals surface area contributed by atoms with Crippen LogP contribution in [-0.4, -0.2) is 53.0 Å². The average Bonchev–Trinajstić information content (AvgIpc) is 2.23. The molecule has 6 radical (unpaired) electrons. The molecule has 0 aliphatic carbocycles. The Morgan fingerprint density at radius 3 is 0.562 bits per heavy atom. The van der Waals surface area contributed by atoms with E-state index in [4.69, 9.17) is 0 Å². The second-order valence-corrected chi connectivity index (χ2v) is 9.95. The molecule has 0 rings (SSSR count). The van der Waals surface area contributed by atoms with Crippen molar-refractivity contribution in [2.75, 3.05) is 0 Å². The van der Waals surface area contributed by atoms with Gasteiger partial charge in [-0.3, -0.25) is 0 Å². The van der Waals surface area contributed by atoms with Gasteiger partial charge in [0.2, 0.25) is 0 Å². The molecule has 0 saturated carbocycles. The maximum absolute atomic E-state index is 2.25. The van der Waals surface area contributed by atoms with Gasteiger partial charge in [-0.1, -0.05) is 77.8 Å². The Labute approximate surface area is 130 Å². The minimum absolute atomic E-state index is 0. The topological polar surface area (TPSA) is 0 Å². The molecule has 0 atom stereocenters. The molecule has 0 aromatic carbocycles. The smallest absolute Gasteiger partial charge is 0.0274 e. The third-order valence-corrected chi connectivity index (χ3v) is 5.20. The van der Waals surface area contributed by atoms with Crippen LogP contribution in [0, 0.1) is 0 Å². The molecule has 16 heavy (non-hydrogen) atoms. The van der Waals surface area contributed by atoms with E-state index in [1.165, 1.54) is 36.3 Å². The monoisotopic (exact) mass is 382 g/mol. The summed E-state index contributed by atoms with van der Waals surface area (Å²) in [6.45, 7) is 13.5. The normalized spacial score (nSPS) is 7.88. The van der Waals surface area contributed by atoms with Gasteiger partial charge < -0.3 is 0 Å². The maximum atomic E-state index is 2.25. The molecule has 0 fully saturated rings. The van der Waals surface area contributed by atoms with Gasteiger partial charge in [0, 0.05) is 53.0 Å². The van der Waals surface area contributed by atoms with Crippen LogP contribution in [0.1, 0.15) is 41.5 Å². The van der Waals surface area contributed by atoms with E-state index in [0.29, 0.717) is 0 Å². The van der Waals surface area contributed by atoms with Crippen LogP contribution >= 0.6 is 0 Å². The Bertz CT molecular complexity index is 53.0. The maximum Gasteiger partial charge on any atom is 0.0274 e. The Morgan fingerprint density at radius 1 is 0.438 bits per heavy atom. The SMILES string of the molecule is CC[SiH]CC.CC[SiH]CC.CC[SiH]CC.[Sb]. The predicted octanol–water partition coefficient (Wildman–Crippen LogP) is 3.52. The summed E-state index contributed by atoms with van der Waals surface area (Å²) in [4.78, 5) is 0. The minimum atomic E-state index is 0. The van der Waals surface area contributed by atoms with E-state index in [2.05, 4.69) is 41.5 Å². The molecule has 0 aliphatic rings. The van der Waals surface area contributed by atoms with Crippen LogP contribution in [-0.2, 0) is 0 Å². The molecule has 4 heteroatoms. The zero-order chi connectivity index (χ0) is 12.4. The summed E-state index contributed by atoms with van der Waals surface area (Å²) in [5.74, 6) is 0. The number of hydrogen-bond donors (Lipinski definition) is 0. The van der Waals surface area contributed by atoms with E-state index in [1.807, 2.05) is 0 Å². The summed E-state index contributed by atoms with van der Waals surface area (Å²) >= 11 is 0. The van der Waals surface area contributed by atoms with E-state index in [9.17, 15) is 0 Å². The summed E-state index contributed by atoms with van der Waals surface area (Å²) in [7, 11) is 2.44. The molecule has 0 aromatic rings. The van der Waals surface area contributed by atoms with Gasteiger partial charge in [-0.25, -0.2) is 0 Å². The van der Waals surface area contributed by atoms with Crippen LogP contribution in [0.2, 0.25) is 36.3 Å². The Hall–Kier alpha value is 1.47. The van der Waals surface area contributed by atoms with Crippen LogP contribution in [0.25, 0.3) is 0 Å². The van der Waals surface area contributed by atoms with Crippen LogP contribution in [0.5, 0.6) is 0 Å². The predicted molar refractivity (Wildman–Crippen MR) is 90.1 cm³/mol. The second-order valence-electron chi connectivity index (χ2n) is 3.32. The van der Waals surface area contributed by atoms with Crippen molar-refractivity contribution >= 4 is 53.0 Å². The molecule has 0 spiro atoms. The van der Waals surface area contributed by atoms with Gasteiger partial charge in [-0.2, -0.15) is 0 Å². The minimum Gasteiger partial charge on any atom is -0.0682 e. The Balaban J connectivity index is -0.0000000655. The van der Waals surface area contributed by atoms with E-state index < -0.39 is 0 Å². The van der Waals surface area contributed by atoms with Crippen LogP contribution in [0.4, 0.5) is 0 Å². The van der Waals surface area contributed by atoms with Gasteiger partial charge in [-0.15, -0.1) is 0 Å². The van der Waals surface area contributed by atoms with Crippen molar-refractivity contribution in [1.82, 2.24) is 0 Å². The molecule has 0 aliphatic heterocycles. The van der Waals surface area contributed by atoms with Crippen molar-refractivity contribution in [3.63, 3.8) is 0 Å². The van der Waals surface area contributed by atoms with Crippen molar-refractivity contribution in [2.45, 2.75) is 77.8 Å². The fourth-order valence-corrected chi connectivity index (χ4v) is 2.60. The third-order valence-electron chi connectivity index (χ3n) is 1.73. The van der Waals surface area contributed by atoms with Crippen LogP contribution in [0.15, 0.2) is 0 Å². The first-order chi connectivity index (χ1) is 7.24. The molecule has 0 nitrogen and oxygen atoms in total. The molecular formula is C12H33SbSi3. The summed E-state index contributed by atoms with van der Waals surface area (Å²) in [5, 5.41) is 0. The van der Waals surface area contributed by atoms with Gasteiger partial charge in [0.15, 0.2) is 0 Å². The molecule has 0 N–H and O–H groups in total. The summed E-state index contributed by atoms with van der Waals surface area (Å²) in [6, 6.07) is 8.56. The summed E-state index contributed by atoms with van der Waals surface area (Å²) in [6.07, 6.45) is 0. The summed E-state index contributed by atoms with van der Waals surface area (Å²) in [5.41, 5.74) is 0. The summed E-state index contributed by atoms with van der Waals surface area (Å²) < 4.78 is 0. The Morgan fingerprint density at radius 2 is 0.562 bits per heavy atom. The van der Waals surface area contributed by atoms with Gasteiger partial charge in [0.1, 0.15) is 0 Å². The van der Waals surface area contributed by atoms with Crippen molar-refractivity contribution in [2.24, 2.45) is 0 Å². The Kier molecular flexibility index (Phi) is 58.7. The van der Waals surface area contributed by atoms with E-state index in [1.54, 1.807) is 0 Å². The van der Waals surface area contributed by atoms with Crippen molar-refractivity contribution in [3.05, 3.63) is 0 Å². The van der Waals surface area contributed by atoms with E-state index in [0.717, 1.165) is 28.6 Å². The first-order valence-corrected chi connectivity index (χ1v) is 11.6. The molecule has 0 amide bonds. The first kappa shape index (κ1) is 26.1. The van der Waals surface area contributed by atoms with E-state index in [-0.39, 0.29) is 24.4 Å². The molecule has 0 saturated heterocycles. The number of hydrogen-bond acceptors (Lipinski definition) is 0. The molecule has 0 aromatic heterocycles. The third kappa shape index (κ3) is 58.1. The average molecular weight is 383 g/mol. The first-order valence-electron chi connectivity index (χ1n) is 6.69. The largest absolute Gasteiger partial charge is 0.0682 e. The molecular weight excluding hydrogens is 350 g/mol. The zero-order valence-electron chi connectivity index (χ0n) is 12.4. The van der Waals surface area contributed by atoms with Crippen LogP contribution in [0.3, 0.4) is 0 Å². The number of rotatable bonds is 6. The molecule has 98 valence electrons. The van der Waals surface area contributed by atoms with Crippen molar-refractivity contribution in [3.8, 4) is 0 Å². The van der Waals surface area contributed by atoms with E-state index >= 15 is 0 Å². The van der Waals surface area contributed by atoms with Crippen molar-refractivity contribution < 1.29 is 0 Å². The zero-order valence-corrected chi connectivity index (χ0v) is 18.4. The standard InChI is InChI=1S/3C4H11Si.Sb/c3*1-3-5-4-2;/h3*5H,3-4H2,1-2H3;. The van der Waals surface area contributed by atoms with Gasteiger partial charge in [0.25, 0.3) is 0 Å². The quantitative estimate of drug-likeness (QED) is 0.616. The molecule has 0 bridgehead atoms. The molecule has 0 unspecified atom stereocenters. The van der Waals surface area contributed by atoms with Crippen molar-refractivity contribution in [1.29, 1.82) is 0 Å². The van der Waals surface area contributed by atoms with Crippen LogP contribution < -0.4 is 0 Å². The van der Waals surface area contributed by atoms with Gasteiger partial charge >= 0.3 is 0 Å².